The molecule has 1 saturated carbocycles. The average molecular weight is 249 g/mol. The van der Waals surface area contributed by atoms with Crippen molar-refractivity contribution in [3.63, 3.8) is 0 Å². The number of aliphatic hydroxyl groups excluding tert-OH is 1. The van der Waals surface area contributed by atoms with Crippen LogP contribution in [0.5, 0.6) is 5.75 Å². The quantitative estimate of drug-likeness (QED) is 0.892. The molecule has 3 heteroatoms. The second-order valence-electron chi connectivity index (χ2n) is 6.12. The first kappa shape index (κ1) is 13.3. The first-order chi connectivity index (χ1) is 8.36. The van der Waals surface area contributed by atoms with Crippen LogP contribution < -0.4 is 4.74 Å². The predicted molar refractivity (Wildman–Crippen MR) is 71.9 cm³/mol. The average Bonchev–Trinajstić information content (AvgIpc) is 2.93. The summed E-state index contributed by atoms with van der Waals surface area (Å²) in [6.07, 6.45) is 3.26. The molecule has 1 aromatic rings. The zero-order valence-electron chi connectivity index (χ0n) is 11.9. The summed E-state index contributed by atoms with van der Waals surface area (Å²) < 4.78 is 5.39. The van der Waals surface area contributed by atoms with Gasteiger partial charge in [0.2, 0.25) is 0 Å². The summed E-state index contributed by atoms with van der Waals surface area (Å²) in [5.41, 5.74) is 3.34. The summed E-state index contributed by atoms with van der Waals surface area (Å²) in [5.74, 6) is 1.30. The lowest BCUT2D eigenvalue weighted by atomic mass is 9.99. The summed E-state index contributed by atoms with van der Waals surface area (Å²) in [4.78, 5) is 4.44. The maximum Gasteiger partial charge on any atom is 0.128 e. The van der Waals surface area contributed by atoms with E-state index in [1.807, 2.05) is 20.0 Å². The highest BCUT2D eigenvalue weighted by Crippen LogP contribution is 2.54. The van der Waals surface area contributed by atoms with E-state index in [1.165, 1.54) is 0 Å². The van der Waals surface area contributed by atoms with Gasteiger partial charge in [-0.25, -0.2) is 0 Å². The Hall–Kier alpha value is -1.09. The minimum absolute atomic E-state index is 0.293. The standard InChI is InChI=1S/C15H23NO2/c1-9-8-16-12(10(2)14(9)18-5)6-13(17)11-7-15(11,3)4/h8,11,13,17H,6-7H2,1-5H3. The number of hydrogen-bond donors (Lipinski definition) is 1. The lowest BCUT2D eigenvalue weighted by Gasteiger charge is -2.16. The molecule has 18 heavy (non-hydrogen) atoms. The van der Waals surface area contributed by atoms with Gasteiger partial charge >= 0.3 is 0 Å². The Morgan fingerprint density at radius 1 is 1.50 bits per heavy atom. The Kier molecular flexibility index (Phi) is 3.37. The van der Waals surface area contributed by atoms with Crippen LogP contribution in [0.15, 0.2) is 6.20 Å². The Morgan fingerprint density at radius 2 is 2.11 bits per heavy atom. The first-order valence-corrected chi connectivity index (χ1v) is 6.54. The van der Waals surface area contributed by atoms with Gasteiger partial charge in [0.25, 0.3) is 0 Å². The molecule has 0 spiro atoms. The monoisotopic (exact) mass is 249 g/mol. The lowest BCUT2D eigenvalue weighted by molar-refractivity contribution is 0.135. The van der Waals surface area contributed by atoms with Crippen molar-refractivity contribution in [3.05, 3.63) is 23.0 Å². The molecule has 2 atom stereocenters. The topological polar surface area (TPSA) is 42.4 Å². The summed E-state index contributed by atoms with van der Waals surface area (Å²) in [5, 5.41) is 10.3. The van der Waals surface area contributed by atoms with E-state index in [4.69, 9.17) is 4.74 Å². The van der Waals surface area contributed by atoms with E-state index in [9.17, 15) is 5.11 Å². The van der Waals surface area contributed by atoms with Crippen LogP contribution in [0.25, 0.3) is 0 Å². The van der Waals surface area contributed by atoms with E-state index in [0.29, 0.717) is 17.8 Å². The van der Waals surface area contributed by atoms with Crippen LogP contribution in [0.3, 0.4) is 0 Å². The van der Waals surface area contributed by atoms with Crippen molar-refractivity contribution >= 4 is 0 Å². The molecule has 0 bridgehead atoms. The van der Waals surface area contributed by atoms with Gasteiger partial charge in [0.15, 0.2) is 0 Å². The Bertz CT molecular complexity index is 454. The van der Waals surface area contributed by atoms with Gasteiger partial charge in [-0.1, -0.05) is 13.8 Å². The molecular weight excluding hydrogens is 226 g/mol. The third-order valence-corrected chi connectivity index (χ3v) is 4.21. The molecule has 0 radical (unpaired) electrons. The van der Waals surface area contributed by atoms with Gasteiger partial charge in [0.05, 0.1) is 13.2 Å². The van der Waals surface area contributed by atoms with Crippen LogP contribution >= 0.6 is 0 Å². The third kappa shape index (κ3) is 2.37. The minimum Gasteiger partial charge on any atom is -0.496 e. The smallest absolute Gasteiger partial charge is 0.128 e. The largest absolute Gasteiger partial charge is 0.496 e. The first-order valence-electron chi connectivity index (χ1n) is 6.54. The molecule has 1 aliphatic carbocycles. The fourth-order valence-electron chi connectivity index (χ4n) is 2.78. The summed E-state index contributed by atoms with van der Waals surface area (Å²) in [6.45, 7) is 8.41. The second kappa shape index (κ2) is 4.54. The van der Waals surface area contributed by atoms with E-state index in [2.05, 4.69) is 18.8 Å². The molecule has 0 aromatic carbocycles. The van der Waals surface area contributed by atoms with Gasteiger partial charge in [0, 0.05) is 29.4 Å². The van der Waals surface area contributed by atoms with Crippen LogP contribution in [0.1, 0.15) is 37.1 Å². The molecule has 2 rings (SSSR count). The molecule has 1 aromatic heterocycles. The molecule has 0 saturated heterocycles. The molecule has 1 heterocycles. The van der Waals surface area contributed by atoms with Crippen LogP contribution in [0, 0.1) is 25.2 Å². The zero-order chi connectivity index (χ0) is 13.5. The fraction of sp³-hybridized carbons (Fsp3) is 0.667. The molecule has 1 N–H and O–H groups in total. The molecule has 1 fully saturated rings. The van der Waals surface area contributed by atoms with Crippen molar-refractivity contribution in [1.82, 2.24) is 4.98 Å². The SMILES string of the molecule is COc1c(C)cnc(CC(O)C2CC2(C)C)c1C. The molecule has 0 amide bonds. The lowest BCUT2D eigenvalue weighted by Crippen LogP contribution is -2.18. The number of rotatable bonds is 4. The predicted octanol–water partition coefficient (Wildman–Crippen LogP) is 2.66. The van der Waals surface area contributed by atoms with Crippen molar-refractivity contribution in [3.8, 4) is 5.75 Å². The van der Waals surface area contributed by atoms with E-state index in [-0.39, 0.29) is 6.10 Å². The van der Waals surface area contributed by atoms with E-state index >= 15 is 0 Å². The normalized spacial score (nSPS) is 22.7. The zero-order valence-corrected chi connectivity index (χ0v) is 11.9. The van der Waals surface area contributed by atoms with Gasteiger partial charge in [-0.2, -0.15) is 0 Å². The van der Waals surface area contributed by atoms with Gasteiger partial charge < -0.3 is 9.84 Å². The Morgan fingerprint density at radius 3 is 2.61 bits per heavy atom. The number of aryl methyl sites for hydroxylation is 1. The van der Waals surface area contributed by atoms with E-state index in [1.54, 1.807) is 7.11 Å². The highest BCUT2D eigenvalue weighted by Gasteiger charge is 2.49. The number of aliphatic hydroxyl groups is 1. The number of nitrogens with zero attached hydrogens (tertiary/aromatic N) is 1. The van der Waals surface area contributed by atoms with Crippen molar-refractivity contribution in [2.45, 2.75) is 46.6 Å². The summed E-state index contributed by atoms with van der Waals surface area (Å²) in [7, 11) is 1.68. The minimum atomic E-state index is -0.293. The Balaban J connectivity index is 2.15. The molecule has 2 unspecified atom stereocenters. The van der Waals surface area contributed by atoms with Crippen molar-refractivity contribution in [2.24, 2.45) is 11.3 Å². The number of hydrogen-bond acceptors (Lipinski definition) is 3. The van der Waals surface area contributed by atoms with Crippen LogP contribution in [-0.4, -0.2) is 23.3 Å². The van der Waals surface area contributed by atoms with Crippen LogP contribution in [0.4, 0.5) is 0 Å². The molecule has 3 nitrogen and oxygen atoms in total. The van der Waals surface area contributed by atoms with Gasteiger partial charge in [-0.3, -0.25) is 4.98 Å². The molecule has 1 aliphatic rings. The number of methoxy groups -OCH3 is 1. The van der Waals surface area contributed by atoms with Crippen LogP contribution in [-0.2, 0) is 6.42 Å². The van der Waals surface area contributed by atoms with Crippen LogP contribution in [0.2, 0.25) is 0 Å². The third-order valence-electron chi connectivity index (χ3n) is 4.21. The molecule has 100 valence electrons. The fourth-order valence-corrected chi connectivity index (χ4v) is 2.78. The van der Waals surface area contributed by atoms with E-state index in [0.717, 1.165) is 29.0 Å². The molecular formula is C15H23NO2. The maximum atomic E-state index is 10.3. The highest BCUT2D eigenvalue weighted by atomic mass is 16.5. The highest BCUT2D eigenvalue weighted by molar-refractivity contribution is 5.41. The van der Waals surface area contributed by atoms with Gasteiger partial charge in [-0.05, 0) is 31.6 Å². The number of pyridine rings is 1. The van der Waals surface area contributed by atoms with Crippen molar-refractivity contribution in [1.29, 1.82) is 0 Å². The molecule has 0 aliphatic heterocycles. The van der Waals surface area contributed by atoms with Gasteiger partial charge in [0.1, 0.15) is 5.75 Å². The second-order valence-corrected chi connectivity index (χ2v) is 6.12. The number of ether oxygens (including phenoxy) is 1. The maximum absolute atomic E-state index is 10.3. The Labute approximate surface area is 109 Å². The number of aromatic nitrogens is 1. The van der Waals surface area contributed by atoms with Crippen molar-refractivity contribution in [2.75, 3.05) is 7.11 Å². The van der Waals surface area contributed by atoms with Gasteiger partial charge in [-0.15, -0.1) is 0 Å². The van der Waals surface area contributed by atoms with E-state index < -0.39 is 0 Å². The summed E-state index contributed by atoms with van der Waals surface area (Å²) >= 11 is 0. The summed E-state index contributed by atoms with van der Waals surface area (Å²) in [6, 6.07) is 0. The van der Waals surface area contributed by atoms with Crippen molar-refractivity contribution < 1.29 is 9.84 Å².